The zero-order chi connectivity index (χ0) is 14.5. The normalized spacial score (nSPS) is 14.3. The van der Waals surface area contributed by atoms with Gasteiger partial charge >= 0.3 is 17.9 Å². The number of hydrogen-bond donors (Lipinski definition) is 1. The van der Waals surface area contributed by atoms with Crippen LogP contribution in [0, 0.1) is 5.92 Å². The third kappa shape index (κ3) is 4.70. The highest BCUT2D eigenvalue weighted by atomic mass is 16.6. The molecule has 0 rings (SSSR count). The number of nitrogens with two attached hydrogens (primary N) is 1. The molecule has 0 saturated carbocycles. The van der Waals surface area contributed by atoms with Crippen LogP contribution in [0.15, 0.2) is 0 Å². The standard InChI is InChI=1S/C11H19NO6/c1-11(2,3)18-9(14)6(8(13)16-4)7(12)10(15)17-5/h6-7H,12H2,1-5H3. The van der Waals surface area contributed by atoms with Crippen LogP contribution in [0.2, 0.25) is 0 Å². The van der Waals surface area contributed by atoms with Crippen LogP contribution in [0.1, 0.15) is 20.8 Å². The number of carbonyl (C=O) groups excluding carboxylic acids is 3. The third-order valence-corrected chi connectivity index (χ3v) is 1.95. The van der Waals surface area contributed by atoms with E-state index in [1.54, 1.807) is 20.8 Å². The molecule has 0 amide bonds. The van der Waals surface area contributed by atoms with Crippen molar-refractivity contribution in [3.8, 4) is 0 Å². The molecule has 7 nitrogen and oxygen atoms in total. The number of carbonyl (C=O) groups is 3. The Morgan fingerprint density at radius 2 is 1.39 bits per heavy atom. The van der Waals surface area contributed by atoms with Crippen molar-refractivity contribution < 1.29 is 28.6 Å². The molecule has 0 bridgehead atoms. The minimum Gasteiger partial charge on any atom is -0.468 e. The van der Waals surface area contributed by atoms with Gasteiger partial charge in [-0.2, -0.15) is 0 Å². The first-order valence-corrected chi connectivity index (χ1v) is 5.28. The third-order valence-electron chi connectivity index (χ3n) is 1.95. The molecule has 0 aliphatic rings. The average Bonchev–Trinajstić information content (AvgIpc) is 2.25. The quantitative estimate of drug-likeness (QED) is 0.417. The molecule has 7 heteroatoms. The molecule has 0 saturated heterocycles. The first kappa shape index (κ1) is 16.4. The van der Waals surface area contributed by atoms with Crippen LogP contribution >= 0.6 is 0 Å². The van der Waals surface area contributed by atoms with Crippen LogP contribution in [0.4, 0.5) is 0 Å². The lowest BCUT2D eigenvalue weighted by Crippen LogP contribution is -2.49. The Labute approximate surface area is 106 Å². The van der Waals surface area contributed by atoms with E-state index in [9.17, 15) is 14.4 Å². The Morgan fingerprint density at radius 1 is 0.944 bits per heavy atom. The predicted octanol–water partition coefficient (Wildman–Crippen LogP) is -0.382. The Bertz CT molecular complexity index is 333. The summed E-state index contributed by atoms with van der Waals surface area (Å²) in [5.74, 6) is -4.30. The van der Waals surface area contributed by atoms with Crippen molar-refractivity contribution in [2.24, 2.45) is 11.7 Å². The van der Waals surface area contributed by atoms with E-state index in [2.05, 4.69) is 9.47 Å². The Balaban J connectivity index is 5.06. The maximum atomic E-state index is 11.8. The zero-order valence-electron chi connectivity index (χ0n) is 11.2. The first-order valence-electron chi connectivity index (χ1n) is 5.28. The van der Waals surface area contributed by atoms with E-state index in [1.807, 2.05) is 0 Å². The lowest BCUT2D eigenvalue weighted by atomic mass is 10.0. The fourth-order valence-corrected chi connectivity index (χ4v) is 1.15. The molecule has 0 aliphatic carbocycles. The summed E-state index contributed by atoms with van der Waals surface area (Å²) in [4.78, 5) is 34.6. The number of hydrogen-bond acceptors (Lipinski definition) is 7. The van der Waals surface area contributed by atoms with Crippen LogP contribution in [0.25, 0.3) is 0 Å². The van der Waals surface area contributed by atoms with Crippen LogP contribution in [-0.2, 0) is 28.6 Å². The Kier molecular flexibility index (Phi) is 5.77. The molecule has 2 unspecified atom stereocenters. The Hall–Kier alpha value is -1.63. The van der Waals surface area contributed by atoms with Crippen molar-refractivity contribution >= 4 is 17.9 Å². The molecule has 2 atom stereocenters. The fraction of sp³-hybridized carbons (Fsp3) is 0.727. The van der Waals surface area contributed by atoms with E-state index in [4.69, 9.17) is 10.5 Å². The maximum Gasteiger partial charge on any atom is 0.324 e. The van der Waals surface area contributed by atoms with Crippen LogP contribution in [0.3, 0.4) is 0 Å². The summed E-state index contributed by atoms with van der Waals surface area (Å²) in [6.45, 7) is 4.88. The lowest BCUT2D eigenvalue weighted by molar-refractivity contribution is -0.172. The summed E-state index contributed by atoms with van der Waals surface area (Å²) in [6, 6.07) is -1.46. The van der Waals surface area contributed by atoms with Crippen molar-refractivity contribution in [3.63, 3.8) is 0 Å². The zero-order valence-corrected chi connectivity index (χ0v) is 11.2. The predicted molar refractivity (Wildman–Crippen MR) is 61.3 cm³/mol. The van der Waals surface area contributed by atoms with Crippen molar-refractivity contribution in [2.75, 3.05) is 14.2 Å². The van der Waals surface area contributed by atoms with E-state index < -0.39 is 35.5 Å². The molecular formula is C11H19NO6. The molecule has 0 radical (unpaired) electrons. The fourth-order valence-electron chi connectivity index (χ4n) is 1.15. The minimum absolute atomic E-state index is 0.806. The molecule has 0 spiro atoms. The molecule has 0 aromatic heterocycles. The summed E-state index contributed by atoms with van der Waals surface area (Å²) in [6.07, 6.45) is 0. The highest BCUT2D eigenvalue weighted by Crippen LogP contribution is 2.15. The second-order valence-electron chi connectivity index (χ2n) is 4.58. The van der Waals surface area contributed by atoms with E-state index in [-0.39, 0.29) is 0 Å². The summed E-state index contributed by atoms with van der Waals surface area (Å²) in [7, 11) is 2.19. The van der Waals surface area contributed by atoms with Gasteiger partial charge in [0.1, 0.15) is 11.6 Å². The number of methoxy groups -OCH3 is 2. The monoisotopic (exact) mass is 261 g/mol. The smallest absolute Gasteiger partial charge is 0.324 e. The Morgan fingerprint density at radius 3 is 1.72 bits per heavy atom. The molecule has 0 heterocycles. The number of rotatable bonds is 4. The van der Waals surface area contributed by atoms with Gasteiger partial charge in [0, 0.05) is 0 Å². The van der Waals surface area contributed by atoms with Gasteiger partial charge in [-0.3, -0.25) is 14.4 Å². The summed E-state index contributed by atoms with van der Waals surface area (Å²) in [5, 5.41) is 0. The molecule has 0 aromatic carbocycles. The molecular weight excluding hydrogens is 242 g/mol. The second kappa shape index (κ2) is 6.34. The van der Waals surface area contributed by atoms with Gasteiger partial charge in [0.05, 0.1) is 14.2 Å². The topological polar surface area (TPSA) is 105 Å². The minimum atomic E-state index is -1.54. The number of ether oxygens (including phenoxy) is 3. The summed E-state index contributed by atoms with van der Waals surface area (Å²) >= 11 is 0. The first-order chi connectivity index (χ1) is 8.14. The van der Waals surface area contributed by atoms with Gasteiger partial charge in [0.25, 0.3) is 0 Å². The van der Waals surface area contributed by atoms with E-state index in [1.165, 1.54) is 0 Å². The van der Waals surface area contributed by atoms with Crippen molar-refractivity contribution in [1.29, 1.82) is 0 Å². The van der Waals surface area contributed by atoms with Gasteiger partial charge in [-0.1, -0.05) is 0 Å². The number of esters is 3. The molecule has 0 aromatic rings. The van der Waals surface area contributed by atoms with Crippen molar-refractivity contribution in [3.05, 3.63) is 0 Å². The van der Waals surface area contributed by atoms with Gasteiger partial charge in [-0.25, -0.2) is 0 Å². The maximum absolute atomic E-state index is 11.8. The summed E-state index contributed by atoms with van der Waals surface area (Å²) < 4.78 is 13.8. The van der Waals surface area contributed by atoms with Gasteiger partial charge in [0.15, 0.2) is 5.92 Å². The molecule has 2 N–H and O–H groups in total. The molecule has 0 aliphatic heterocycles. The van der Waals surface area contributed by atoms with Gasteiger partial charge in [0.2, 0.25) is 0 Å². The van der Waals surface area contributed by atoms with Gasteiger partial charge in [-0.05, 0) is 20.8 Å². The second-order valence-corrected chi connectivity index (χ2v) is 4.58. The average molecular weight is 261 g/mol. The van der Waals surface area contributed by atoms with E-state index >= 15 is 0 Å². The largest absolute Gasteiger partial charge is 0.468 e. The van der Waals surface area contributed by atoms with Crippen molar-refractivity contribution in [2.45, 2.75) is 32.4 Å². The van der Waals surface area contributed by atoms with Gasteiger partial charge < -0.3 is 19.9 Å². The van der Waals surface area contributed by atoms with Crippen LogP contribution < -0.4 is 5.73 Å². The van der Waals surface area contributed by atoms with Crippen LogP contribution in [0.5, 0.6) is 0 Å². The summed E-state index contributed by atoms with van der Waals surface area (Å²) in [5.41, 5.74) is 4.69. The van der Waals surface area contributed by atoms with Crippen molar-refractivity contribution in [1.82, 2.24) is 0 Å². The lowest BCUT2D eigenvalue weighted by Gasteiger charge is -2.24. The molecule has 18 heavy (non-hydrogen) atoms. The molecule has 0 fully saturated rings. The highest BCUT2D eigenvalue weighted by molar-refractivity contribution is 6.00. The molecule has 104 valence electrons. The van der Waals surface area contributed by atoms with E-state index in [0.29, 0.717) is 0 Å². The van der Waals surface area contributed by atoms with Crippen LogP contribution in [-0.4, -0.2) is 43.8 Å². The SMILES string of the molecule is COC(=O)C(N)C(C(=O)OC)C(=O)OC(C)(C)C. The van der Waals surface area contributed by atoms with Gasteiger partial charge in [-0.15, -0.1) is 0 Å². The van der Waals surface area contributed by atoms with E-state index in [0.717, 1.165) is 14.2 Å². The highest BCUT2D eigenvalue weighted by Gasteiger charge is 2.41.